The predicted octanol–water partition coefficient (Wildman–Crippen LogP) is 7.87. The third kappa shape index (κ3) is 3.67. The molecule has 1 heterocycles. The highest BCUT2D eigenvalue weighted by molar-refractivity contribution is 7.27. The highest BCUT2D eigenvalue weighted by Crippen LogP contribution is 2.50. The van der Waals surface area contributed by atoms with Crippen LogP contribution >= 0.6 is 11.3 Å². The molecule has 1 aromatic heterocycles. The van der Waals surface area contributed by atoms with E-state index in [0.29, 0.717) is 5.41 Å². The topological polar surface area (TPSA) is 0 Å². The first-order chi connectivity index (χ1) is 14.5. The lowest BCUT2D eigenvalue weighted by Crippen LogP contribution is -2.35. The van der Waals surface area contributed by atoms with E-state index >= 15 is 0 Å². The van der Waals surface area contributed by atoms with E-state index in [2.05, 4.69) is 86.1 Å². The van der Waals surface area contributed by atoms with Crippen molar-refractivity contribution in [2.75, 3.05) is 0 Å². The van der Waals surface area contributed by atoms with Crippen LogP contribution in [0.4, 0.5) is 0 Å². The average Bonchev–Trinajstić information content (AvgIpc) is 3.09. The van der Waals surface area contributed by atoms with Crippen LogP contribution in [0.2, 0.25) is 0 Å². The van der Waals surface area contributed by atoms with Gasteiger partial charge in [-0.1, -0.05) is 71.7 Å². The lowest BCUT2D eigenvalue weighted by molar-refractivity contribution is 0.164. The van der Waals surface area contributed by atoms with E-state index in [4.69, 9.17) is 0 Å². The van der Waals surface area contributed by atoms with Gasteiger partial charge in [0.1, 0.15) is 0 Å². The summed E-state index contributed by atoms with van der Waals surface area (Å²) in [6.07, 6.45) is 11.5. The van der Waals surface area contributed by atoms with Crippen LogP contribution in [0.25, 0.3) is 10.1 Å². The Labute approximate surface area is 194 Å². The molecule has 1 fully saturated rings. The van der Waals surface area contributed by atoms with Crippen LogP contribution in [0.3, 0.4) is 0 Å². The van der Waals surface area contributed by atoms with E-state index in [0.717, 1.165) is 11.8 Å². The van der Waals surface area contributed by atoms with Gasteiger partial charge in [0.2, 0.25) is 7.28 Å². The van der Waals surface area contributed by atoms with Crippen LogP contribution < -0.4 is 4.78 Å². The molecule has 0 N–H and O–H groups in total. The minimum atomic E-state index is 0.278. The molecule has 1 radical (unpaired) electrons. The summed E-state index contributed by atoms with van der Waals surface area (Å²) >= 11 is 1.97. The average molecular weight is 430 g/mol. The van der Waals surface area contributed by atoms with Crippen molar-refractivity contribution in [2.45, 2.75) is 91.4 Å². The summed E-state index contributed by atoms with van der Waals surface area (Å²) < 4.78 is 2.85. The molecule has 0 bridgehead atoms. The van der Waals surface area contributed by atoms with E-state index in [-0.39, 0.29) is 10.8 Å². The quantitative estimate of drug-likeness (QED) is 0.426. The van der Waals surface area contributed by atoms with Gasteiger partial charge < -0.3 is 0 Å². The summed E-state index contributed by atoms with van der Waals surface area (Å²) in [5.74, 6) is 1.46. The first-order valence-corrected chi connectivity index (χ1v) is 13.1. The standard InChI is InChI=1S/C29H38BS/c1-18-10-11-27(2,3)22-9-8-20(16-21(18)22)30-26-15-19-14-23-24(17-25(19)31-26)29(6,7)13-12-28(23,4)5/h8,14-18,22H,9-13H2,1-7H3. The van der Waals surface area contributed by atoms with Gasteiger partial charge in [0.15, 0.2) is 0 Å². The molecule has 0 saturated heterocycles. The van der Waals surface area contributed by atoms with Crippen LogP contribution in [-0.4, -0.2) is 7.28 Å². The van der Waals surface area contributed by atoms with Crippen molar-refractivity contribution in [3.63, 3.8) is 0 Å². The molecule has 0 nitrogen and oxygen atoms in total. The number of allylic oxidation sites excluding steroid dienone is 4. The second-order valence-corrected chi connectivity index (χ2v) is 13.7. The summed E-state index contributed by atoms with van der Waals surface area (Å²) in [6.45, 7) is 17.1. The summed E-state index contributed by atoms with van der Waals surface area (Å²) in [7, 11) is 2.44. The Hall–Kier alpha value is -1.28. The molecule has 3 aliphatic carbocycles. The van der Waals surface area contributed by atoms with Crippen LogP contribution in [0.15, 0.2) is 41.4 Å². The minimum absolute atomic E-state index is 0.278. The second kappa shape index (κ2) is 7.11. The highest BCUT2D eigenvalue weighted by Gasteiger charge is 2.39. The summed E-state index contributed by atoms with van der Waals surface area (Å²) in [5, 5.41) is 1.43. The minimum Gasteiger partial charge on any atom is -0.151 e. The Morgan fingerprint density at radius 3 is 2.29 bits per heavy atom. The molecule has 1 saturated carbocycles. The van der Waals surface area contributed by atoms with Crippen molar-refractivity contribution in [1.29, 1.82) is 0 Å². The maximum absolute atomic E-state index is 2.53. The van der Waals surface area contributed by atoms with Crippen LogP contribution in [-0.2, 0) is 10.8 Å². The number of hydrogen-bond donors (Lipinski definition) is 0. The van der Waals surface area contributed by atoms with Gasteiger partial charge in [0, 0.05) is 4.70 Å². The van der Waals surface area contributed by atoms with E-state index in [1.807, 2.05) is 11.3 Å². The highest BCUT2D eigenvalue weighted by atomic mass is 32.1. The Morgan fingerprint density at radius 1 is 0.903 bits per heavy atom. The van der Waals surface area contributed by atoms with Gasteiger partial charge in [0.25, 0.3) is 0 Å². The molecule has 1 aromatic carbocycles. The fraction of sp³-hybridized carbons (Fsp3) is 0.586. The van der Waals surface area contributed by atoms with Gasteiger partial charge in [-0.25, -0.2) is 0 Å². The zero-order valence-electron chi connectivity index (χ0n) is 20.6. The lowest BCUT2D eigenvalue weighted by Gasteiger charge is -2.45. The van der Waals surface area contributed by atoms with E-state index in [9.17, 15) is 0 Å². The fourth-order valence-corrected chi connectivity index (χ4v) is 7.43. The maximum Gasteiger partial charge on any atom is 0.204 e. The first kappa shape index (κ1) is 21.6. The molecule has 5 rings (SSSR count). The number of thiophene rings is 1. The van der Waals surface area contributed by atoms with E-state index in [1.54, 1.807) is 16.7 Å². The molecule has 3 aliphatic rings. The second-order valence-electron chi connectivity index (χ2n) is 12.6. The van der Waals surface area contributed by atoms with Gasteiger partial charge in [-0.15, -0.1) is 0 Å². The molecule has 2 unspecified atom stereocenters. The zero-order chi connectivity index (χ0) is 22.2. The van der Waals surface area contributed by atoms with Crippen molar-refractivity contribution in [3.05, 3.63) is 52.5 Å². The molecule has 0 spiro atoms. The van der Waals surface area contributed by atoms with Crippen molar-refractivity contribution in [1.82, 2.24) is 0 Å². The monoisotopic (exact) mass is 429 g/mol. The summed E-state index contributed by atoms with van der Waals surface area (Å²) in [5.41, 5.74) is 7.27. The molecular weight excluding hydrogens is 391 g/mol. The summed E-state index contributed by atoms with van der Waals surface area (Å²) in [6, 6.07) is 7.45. The Bertz CT molecular complexity index is 1040. The Balaban J connectivity index is 1.47. The smallest absolute Gasteiger partial charge is 0.151 e. The summed E-state index contributed by atoms with van der Waals surface area (Å²) in [4.78, 5) is 0. The van der Waals surface area contributed by atoms with Crippen molar-refractivity contribution >= 4 is 33.5 Å². The number of hydrogen-bond acceptors (Lipinski definition) is 1. The molecule has 2 atom stereocenters. The third-order valence-corrected chi connectivity index (χ3v) is 9.92. The first-order valence-electron chi connectivity index (χ1n) is 12.3. The largest absolute Gasteiger partial charge is 0.204 e. The predicted molar refractivity (Wildman–Crippen MR) is 139 cm³/mol. The normalized spacial score (nSPS) is 28.4. The molecule has 0 aliphatic heterocycles. The van der Waals surface area contributed by atoms with Gasteiger partial charge in [-0.3, -0.25) is 0 Å². The van der Waals surface area contributed by atoms with Gasteiger partial charge in [-0.05, 0) is 99.7 Å². The molecule has 163 valence electrons. The van der Waals surface area contributed by atoms with Crippen molar-refractivity contribution in [3.8, 4) is 0 Å². The fourth-order valence-electron chi connectivity index (χ4n) is 6.38. The number of fused-ring (bicyclic) bond motifs is 3. The lowest BCUT2D eigenvalue weighted by atomic mass is 9.57. The van der Waals surface area contributed by atoms with Crippen LogP contribution in [0.5, 0.6) is 0 Å². The van der Waals surface area contributed by atoms with Gasteiger partial charge in [-0.2, -0.15) is 11.3 Å². The van der Waals surface area contributed by atoms with E-state index in [1.165, 1.54) is 52.4 Å². The molecule has 31 heavy (non-hydrogen) atoms. The number of benzene rings is 1. The van der Waals surface area contributed by atoms with Gasteiger partial charge >= 0.3 is 0 Å². The zero-order valence-corrected chi connectivity index (χ0v) is 21.4. The van der Waals surface area contributed by atoms with Gasteiger partial charge in [0.05, 0.1) is 0 Å². The Kier molecular flexibility index (Phi) is 4.95. The SMILES string of the molecule is CC1CCC(C)(C)C2CC=C([B]c3cc4cc5c(cc4s3)C(C)(C)CCC5(C)C)C=C12. The Morgan fingerprint density at radius 2 is 1.58 bits per heavy atom. The molecule has 2 heteroatoms. The van der Waals surface area contributed by atoms with Crippen molar-refractivity contribution in [2.24, 2.45) is 17.3 Å². The number of rotatable bonds is 2. The molecular formula is C29H38BS. The maximum atomic E-state index is 2.53. The van der Waals surface area contributed by atoms with Crippen LogP contribution in [0, 0.1) is 17.3 Å². The van der Waals surface area contributed by atoms with Crippen LogP contribution in [0.1, 0.15) is 91.7 Å². The van der Waals surface area contributed by atoms with E-state index < -0.39 is 0 Å². The third-order valence-electron chi connectivity index (χ3n) is 8.88. The molecule has 2 aromatic rings. The van der Waals surface area contributed by atoms with Crippen molar-refractivity contribution < 1.29 is 0 Å². The molecule has 0 amide bonds.